The van der Waals surface area contributed by atoms with Gasteiger partial charge in [0.25, 0.3) is 0 Å². The first-order chi connectivity index (χ1) is 12.4. The van der Waals surface area contributed by atoms with Crippen molar-refractivity contribution >= 4 is 22.6 Å². The molecule has 0 aromatic rings. The molecule has 0 saturated carbocycles. The Labute approximate surface area is 175 Å². The number of carbonyl (C=O) groups excluding carboxylic acids is 1. The summed E-state index contributed by atoms with van der Waals surface area (Å²) < 4.78 is 18.7. The SMILES string of the molecule is C[C@@H]1C[C@H](O[Si](C)(C)C(C)(C)C)/C=C/[C@@H](O[Si](C)(C)C(C)(C)C)/C=C\C(=O)O1. The van der Waals surface area contributed by atoms with Gasteiger partial charge in [-0.3, -0.25) is 0 Å². The molecule has 1 heterocycles. The fourth-order valence-electron chi connectivity index (χ4n) is 2.40. The Bertz CT molecular complexity index is 595. The lowest BCUT2D eigenvalue weighted by atomic mass is 10.1. The summed E-state index contributed by atoms with van der Waals surface area (Å²) in [5.74, 6) is -0.322. The van der Waals surface area contributed by atoms with Gasteiger partial charge in [0.05, 0.1) is 12.2 Å². The molecule has 4 nitrogen and oxygen atoms in total. The van der Waals surface area contributed by atoms with Gasteiger partial charge in [0, 0.05) is 12.5 Å². The van der Waals surface area contributed by atoms with Crippen LogP contribution in [0.5, 0.6) is 0 Å². The monoisotopic (exact) mass is 426 g/mol. The lowest BCUT2D eigenvalue weighted by molar-refractivity contribution is -0.143. The van der Waals surface area contributed by atoms with E-state index in [1.165, 1.54) is 6.08 Å². The van der Waals surface area contributed by atoms with E-state index in [0.717, 1.165) is 0 Å². The molecule has 1 aliphatic rings. The number of esters is 1. The van der Waals surface area contributed by atoms with Gasteiger partial charge in [0.1, 0.15) is 6.10 Å². The summed E-state index contributed by atoms with van der Waals surface area (Å²) in [6.45, 7) is 24.2. The van der Waals surface area contributed by atoms with Crippen LogP contribution in [0.1, 0.15) is 54.9 Å². The zero-order valence-corrected chi connectivity index (χ0v) is 21.9. The maximum Gasteiger partial charge on any atom is 0.330 e. The van der Waals surface area contributed by atoms with Gasteiger partial charge in [0.15, 0.2) is 16.6 Å². The molecule has 0 unspecified atom stereocenters. The van der Waals surface area contributed by atoms with Crippen LogP contribution in [-0.2, 0) is 18.4 Å². The molecule has 0 radical (unpaired) electrons. The second-order valence-corrected chi connectivity index (χ2v) is 20.5. The molecule has 28 heavy (non-hydrogen) atoms. The Balaban J connectivity index is 3.14. The van der Waals surface area contributed by atoms with Crippen molar-refractivity contribution in [1.82, 2.24) is 0 Å². The normalized spacial score (nSPS) is 27.8. The van der Waals surface area contributed by atoms with Crippen molar-refractivity contribution in [2.45, 2.75) is 109 Å². The zero-order chi connectivity index (χ0) is 22.0. The van der Waals surface area contributed by atoms with Gasteiger partial charge in [-0.05, 0) is 49.3 Å². The molecule has 162 valence electrons. The fourth-order valence-corrected chi connectivity index (χ4v) is 4.88. The number of hydrogen-bond acceptors (Lipinski definition) is 4. The van der Waals surface area contributed by atoms with E-state index in [0.29, 0.717) is 6.42 Å². The van der Waals surface area contributed by atoms with Gasteiger partial charge in [-0.15, -0.1) is 0 Å². The van der Waals surface area contributed by atoms with Crippen LogP contribution >= 0.6 is 0 Å². The lowest BCUT2D eigenvalue weighted by Gasteiger charge is -2.40. The molecule has 0 amide bonds. The van der Waals surface area contributed by atoms with Gasteiger partial charge in [0.2, 0.25) is 0 Å². The minimum atomic E-state index is -1.98. The third kappa shape index (κ3) is 7.28. The van der Waals surface area contributed by atoms with Crippen molar-refractivity contribution in [3.05, 3.63) is 24.3 Å². The summed E-state index contributed by atoms with van der Waals surface area (Å²) in [4.78, 5) is 12.2. The number of rotatable bonds is 4. The summed E-state index contributed by atoms with van der Waals surface area (Å²) >= 11 is 0. The van der Waals surface area contributed by atoms with E-state index in [9.17, 15) is 4.79 Å². The Kier molecular flexibility index (Phi) is 8.13. The van der Waals surface area contributed by atoms with Crippen molar-refractivity contribution in [3.63, 3.8) is 0 Å². The second-order valence-electron chi connectivity index (χ2n) is 11.0. The molecule has 0 saturated heterocycles. The average molecular weight is 427 g/mol. The molecule has 0 aliphatic carbocycles. The number of carbonyl (C=O) groups is 1. The van der Waals surface area contributed by atoms with Crippen LogP contribution in [0.3, 0.4) is 0 Å². The molecule has 6 heteroatoms. The van der Waals surface area contributed by atoms with Gasteiger partial charge in [-0.25, -0.2) is 4.79 Å². The first kappa shape index (κ1) is 25.3. The van der Waals surface area contributed by atoms with E-state index in [4.69, 9.17) is 13.6 Å². The molecule has 3 atom stereocenters. The van der Waals surface area contributed by atoms with Crippen LogP contribution in [0.15, 0.2) is 24.3 Å². The molecule has 1 aliphatic heterocycles. The van der Waals surface area contributed by atoms with Crippen LogP contribution in [0.25, 0.3) is 0 Å². The van der Waals surface area contributed by atoms with E-state index in [2.05, 4.69) is 79.9 Å². The zero-order valence-electron chi connectivity index (χ0n) is 19.9. The van der Waals surface area contributed by atoms with Gasteiger partial charge in [-0.2, -0.15) is 0 Å². The van der Waals surface area contributed by atoms with Crippen LogP contribution in [0.4, 0.5) is 0 Å². The average Bonchev–Trinajstić information content (AvgIpc) is 2.46. The van der Waals surface area contributed by atoms with Crippen LogP contribution < -0.4 is 0 Å². The standard InChI is InChI=1S/C22H42O4Si2/c1-17-16-19(26-28(10,11)22(5,6)7)13-12-18(14-15-20(23)24-17)25-27(8,9)21(2,3)4/h12-15,17-19H,16H2,1-11H3/b13-12+,15-14-/t17-,18-,19-/m1/s1. The summed E-state index contributed by atoms with van der Waals surface area (Å²) in [5, 5.41) is 0.211. The van der Waals surface area contributed by atoms with Crippen molar-refractivity contribution in [1.29, 1.82) is 0 Å². The Morgan fingerprint density at radius 3 is 1.89 bits per heavy atom. The van der Waals surface area contributed by atoms with Crippen molar-refractivity contribution < 1.29 is 18.4 Å². The first-order valence-electron chi connectivity index (χ1n) is 10.4. The van der Waals surface area contributed by atoms with Gasteiger partial charge in [-0.1, -0.05) is 53.7 Å². The molecule has 0 bridgehead atoms. The minimum absolute atomic E-state index is 0.0933. The molecule has 0 aromatic heterocycles. The van der Waals surface area contributed by atoms with Crippen molar-refractivity contribution in [2.24, 2.45) is 0 Å². The number of hydrogen-bond donors (Lipinski definition) is 0. The maximum atomic E-state index is 12.2. The smallest absolute Gasteiger partial charge is 0.330 e. The minimum Gasteiger partial charge on any atom is -0.459 e. The highest BCUT2D eigenvalue weighted by Gasteiger charge is 2.40. The third-order valence-electron chi connectivity index (χ3n) is 6.31. The first-order valence-corrected chi connectivity index (χ1v) is 16.2. The molecule has 0 fully saturated rings. The highest BCUT2D eigenvalue weighted by Crippen LogP contribution is 2.39. The highest BCUT2D eigenvalue weighted by atomic mass is 28.4. The molecule has 0 aromatic carbocycles. The van der Waals surface area contributed by atoms with Crippen LogP contribution in [-0.4, -0.2) is 40.9 Å². The van der Waals surface area contributed by atoms with E-state index >= 15 is 0 Å². The summed E-state index contributed by atoms with van der Waals surface area (Å²) in [7, 11) is -3.93. The number of ether oxygens (including phenoxy) is 1. The second kappa shape index (κ2) is 8.98. The molecule has 1 rings (SSSR count). The Hall–Kier alpha value is -0.696. The van der Waals surface area contributed by atoms with Crippen molar-refractivity contribution in [2.75, 3.05) is 0 Å². The topological polar surface area (TPSA) is 44.8 Å². The molecular formula is C22H42O4Si2. The molecular weight excluding hydrogens is 384 g/mol. The summed E-state index contributed by atoms with van der Waals surface area (Å²) in [6, 6.07) is 0. The van der Waals surface area contributed by atoms with Crippen LogP contribution in [0.2, 0.25) is 36.3 Å². The quantitative estimate of drug-likeness (QED) is 0.304. The van der Waals surface area contributed by atoms with E-state index in [-0.39, 0.29) is 34.4 Å². The molecule has 0 spiro atoms. The predicted molar refractivity (Wildman–Crippen MR) is 123 cm³/mol. The maximum absolute atomic E-state index is 12.2. The lowest BCUT2D eigenvalue weighted by Crippen LogP contribution is -2.45. The predicted octanol–water partition coefficient (Wildman–Crippen LogP) is 6.22. The van der Waals surface area contributed by atoms with Gasteiger partial charge >= 0.3 is 5.97 Å². The number of cyclic esters (lactones) is 1. The summed E-state index contributed by atoms with van der Waals surface area (Å²) in [6.07, 6.45) is 7.56. The van der Waals surface area contributed by atoms with E-state index in [1.54, 1.807) is 6.08 Å². The summed E-state index contributed by atoms with van der Waals surface area (Å²) in [5.41, 5.74) is 0. The van der Waals surface area contributed by atoms with Gasteiger partial charge < -0.3 is 13.6 Å². The van der Waals surface area contributed by atoms with Crippen LogP contribution in [0, 0.1) is 0 Å². The largest absolute Gasteiger partial charge is 0.459 e. The van der Waals surface area contributed by atoms with Crippen molar-refractivity contribution in [3.8, 4) is 0 Å². The fraction of sp³-hybridized carbons (Fsp3) is 0.773. The highest BCUT2D eigenvalue weighted by molar-refractivity contribution is 6.74. The Morgan fingerprint density at radius 2 is 1.39 bits per heavy atom. The Morgan fingerprint density at radius 1 is 0.893 bits per heavy atom. The van der Waals surface area contributed by atoms with E-state index in [1.807, 2.05) is 6.92 Å². The third-order valence-corrected chi connectivity index (χ3v) is 15.3. The van der Waals surface area contributed by atoms with E-state index < -0.39 is 16.6 Å². The molecule has 0 N–H and O–H groups in total.